The van der Waals surface area contributed by atoms with E-state index in [9.17, 15) is 8.78 Å². The summed E-state index contributed by atoms with van der Waals surface area (Å²) in [6.07, 6.45) is 2.21. The van der Waals surface area contributed by atoms with Crippen LogP contribution in [-0.4, -0.2) is 5.92 Å². The zero-order valence-electron chi connectivity index (χ0n) is 5.45. The van der Waals surface area contributed by atoms with Crippen molar-refractivity contribution in [2.45, 2.75) is 32.1 Å². The van der Waals surface area contributed by atoms with Crippen LogP contribution in [0.4, 0.5) is 8.78 Å². The molecule has 0 bridgehead atoms. The van der Waals surface area contributed by atoms with Gasteiger partial charge in [-0.3, -0.25) is 0 Å². The summed E-state index contributed by atoms with van der Waals surface area (Å²) in [4.78, 5) is 0. The predicted octanol–water partition coefficient (Wildman–Crippen LogP) is 2.44. The predicted molar refractivity (Wildman–Crippen MR) is 30.4 cm³/mol. The normalized spacial score (nSPS) is 41.0. The van der Waals surface area contributed by atoms with E-state index in [-0.39, 0.29) is 5.92 Å². The van der Waals surface area contributed by atoms with Crippen molar-refractivity contribution in [3.63, 3.8) is 0 Å². The Morgan fingerprint density at radius 1 is 1.44 bits per heavy atom. The van der Waals surface area contributed by atoms with Crippen LogP contribution in [0.2, 0.25) is 0 Å². The Labute approximate surface area is 53.2 Å². The summed E-state index contributed by atoms with van der Waals surface area (Å²) in [6, 6.07) is 0. The second-order valence-electron chi connectivity index (χ2n) is 3.24. The molecule has 2 aliphatic rings. The molecule has 2 saturated carbocycles. The molecule has 0 nitrogen and oxygen atoms in total. The van der Waals surface area contributed by atoms with Gasteiger partial charge in [-0.05, 0) is 19.3 Å². The smallest absolute Gasteiger partial charge is 0.206 e. The van der Waals surface area contributed by atoms with Gasteiger partial charge in [-0.25, -0.2) is 8.78 Å². The molecule has 1 unspecified atom stereocenters. The lowest BCUT2D eigenvalue weighted by molar-refractivity contribution is 0.0793. The molecule has 0 aromatic carbocycles. The monoisotopic (exact) mass is 132 g/mol. The van der Waals surface area contributed by atoms with E-state index in [0.29, 0.717) is 6.42 Å². The van der Waals surface area contributed by atoms with Crippen LogP contribution in [0.25, 0.3) is 0 Å². The minimum absolute atomic E-state index is 0.259. The maximum Gasteiger partial charge on any atom is 0.257 e. The van der Waals surface area contributed by atoms with E-state index in [2.05, 4.69) is 0 Å². The highest BCUT2D eigenvalue weighted by atomic mass is 19.3. The molecule has 2 heteroatoms. The van der Waals surface area contributed by atoms with E-state index in [1.165, 1.54) is 0 Å². The summed E-state index contributed by atoms with van der Waals surface area (Å²) in [5, 5.41) is 0. The SMILES string of the molecule is CCC1C(F)(F)C12CC2. The average molecular weight is 132 g/mol. The molecule has 0 saturated heterocycles. The zero-order valence-corrected chi connectivity index (χ0v) is 5.45. The van der Waals surface area contributed by atoms with Crippen molar-refractivity contribution in [3.8, 4) is 0 Å². The fourth-order valence-electron chi connectivity index (χ4n) is 2.05. The summed E-state index contributed by atoms with van der Waals surface area (Å²) < 4.78 is 25.3. The zero-order chi connectivity index (χ0) is 6.70. The number of rotatable bonds is 1. The molecule has 2 aliphatic carbocycles. The maximum absolute atomic E-state index is 12.6. The Hall–Kier alpha value is -0.140. The van der Waals surface area contributed by atoms with Crippen molar-refractivity contribution in [2.24, 2.45) is 11.3 Å². The summed E-state index contributed by atoms with van der Waals surface area (Å²) in [7, 11) is 0. The van der Waals surface area contributed by atoms with E-state index in [1.54, 1.807) is 0 Å². The van der Waals surface area contributed by atoms with Gasteiger partial charge in [-0.2, -0.15) is 0 Å². The highest BCUT2D eigenvalue weighted by Crippen LogP contribution is 2.80. The average Bonchev–Trinajstić information content (AvgIpc) is 2.54. The van der Waals surface area contributed by atoms with Gasteiger partial charge >= 0.3 is 0 Å². The van der Waals surface area contributed by atoms with Gasteiger partial charge < -0.3 is 0 Å². The van der Waals surface area contributed by atoms with Gasteiger partial charge in [-0.1, -0.05) is 6.92 Å². The second-order valence-corrected chi connectivity index (χ2v) is 3.24. The standard InChI is InChI=1S/C7H10F2/c1-2-5-6(3-4-6)7(5,8)9/h5H,2-4H2,1H3. The van der Waals surface area contributed by atoms with Gasteiger partial charge in [0, 0.05) is 11.3 Å². The number of halogens is 2. The first kappa shape index (κ1) is 5.63. The Morgan fingerprint density at radius 2 is 2.00 bits per heavy atom. The van der Waals surface area contributed by atoms with Gasteiger partial charge in [0.2, 0.25) is 0 Å². The van der Waals surface area contributed by atoms with Crippen LogP contribution in [0, 0.1) is 11.3 Å². The Bertz CT molecular complexity index is 143. The van der Waals surface area contributed by atoms with Crippen molar-refractivity contribution in [2.75, 3.05) is 0 Å². The summed E-state index contributed by atoms with van der Waals surface area (Å²) >= 11 is 0. The third kappa shape index (κ3) is 0.404. The van der Waals surface area contributed by atoms with Gasteiger partial charge in [0.1, 0.15) is 0 Å². The van der Waals surface area contributed by atoms with Crippen molar-refractivity contribution in [1.29, 1.82) is 0 Å². The van der Waals surface area contributed by atoms with Crippen LogP contribution in [0.15, 0.2) is 0 Å². The Kier molecular flexibility index (Phi) is 0.725. The Morgan fingerprint density at radius 3 is 2.11 bits per heavy atom. The molecular weight excluding hydrogens is 122 g/mol. The van der Waals surface area contributed by atoms with Gasteiger partial charge in [0.25, 0.3) is 5.92 Å². The Balaban J connectivity index is 2.16. The fourth-order valence-corrected chi connectivity index (χ4v) is 2.05. The minimum atomic E-state index is -2.28. The minimum Gasteiger partial charge on any atom is -0.206 e. The van der Waals surface area contributed by atoms with Crippen molar-refractivity contribution < 1.29 is 8.78 Å². The van der Waals surface area contributed by atoms with Gasteiger partial charge in [-0.15, -0.1) is 0 Å². The maximum atomic E-state index is 12.6. The first-order valence-corrected chi connectivity index (χ1v) is 3.53. The largest absolute Gasteiger partial charge is 0.257 e. The first-order chi connectivity index (χ1) is 4.15. The van der Waals surface area contributed by atoms with E-state index in [1.807, 2.05) is 6.92 Å². The van der Waals surface area contributed by atoms with Crippen LogP contribution in [-0.2, 0) is 0 Å². The van der Waals surface area contributed by atoms with Crippen molar-refractivity contribution >= 4 is 0 Å². The molecule has 2 rings (SSSR count). The molecule has 2 fully saturated rings. The topological polar surface area (TPSA) is 0 Å². The van der Waals surface area contributed by atoms with E-state index in [0.717, 1.165) is 12.8 Å². The molecule has 9 heavy (non-hydrogen) atoms. The number of alkyl halides is 2. The summed E-state index contributed by atoms with van der Waals surface area (Å²) in [5.41, 5.74) is -0.470. The van der Waals surface area contributed by atoms with Crippen molar-refractivity contribution in [3.05, 3.63) is 0 Å². The van der Waals surface area contributed by atoms with E-state index in [4.69, 9.17) is 0 Å². The molecular formula is C7H10F2. The lowest BCUT2D eigenvalue weighted by atomic mass is 10.2. The molecule has 1 atom stereocenters. The number of hydrogen-bond donors (Lipinski definition) is 0. The lowest BCUT2D eigenvalue weighted by Gasteiger charge is -1.87. The molecule has 0 aromatic heterocycles. The molecule has 0 N–H and O–H groups in total. The fraction of sp³-hybridized carbons (Fsp3) is 1.00. The van der Waals surface area contributed by atoms with Crippen LogP contribution in [0.3, 0.4) is 0 Å². The molecule has 0 radical (unpaired) electrons. The van der Waals surface area contributed by atoms with E-state index < -0.39 is 11.3 Å². The first-order valence-electron chi connectivity index (χ1n) is 3.53. The van der Waals surface area contributed by atoms with Crippen LogP contribution in [0.5, 0.6) is 0 Å². The lowest BCUT2D eigenvalue weighted by Crippen LogP contribution is -1.93. The molecule has 0 heterocycles. The van der Waals surface area contributed by atoms with Crippen molar-refractivity contribution in [1.82, 2.24) is 0 Å². The molecule has 52 valence electrons. The quantitative estimate of drug-likeness (QED) is 0.514. The third-order valence-corrected chi connectivity index (χ3v) is 2.88. The van der Waals surface area contributed by atoms with Gasteiger partial charge in [0.15, 0.2) is 0 Å². The second kappa shape index (κ2) is 1.16. The third-order valence-electron chi connectivity index (χ3n) is 2.88. The van der Waals surface area contributed by atoms with Crippen LogP contribution >= 0.6 is 0 Å². The molecule has 0 aliphatic heterocycles. The van der Waals surface area contributed by atoms with Gasteiger partial charge in [0.05, 0.1) is 0 Å². The summed E-state index contributed by atoms with van der Waals surface area (Å²) in [6.45, 7) is 1.85. The number of hydrogen-bond acceptors (Lipinski definition) is 0. The summed E-state index contributed by atoms with van der Waals surface area (Å²) in [5.74, 6) is -2.54. The van der Waals surface area contributed by atoms with E-state index >= 15 is 0 Å². The highest BCUT2D eigenvalue weighted by Gasteiger charge is 2.84. The highest BCUT2D eigenvalue weighted by molar-refractivity contribution is 5.25. The molecule has 0 aromatic rings. The molecule has 1 spiro atoms. The molecule has 0 amide bonds. The van der Waals surface area contributed by atoms with Crippen LogP contribution in [0.1, 0.15) is 26.2 Å². The van der Waals surface area contributed by atoms with Crippen LogP contribution < -0.4 is 0 Å².